The number of thiophene rings is 1. The van der Waals surface area contributed by atoms with Crippen LogP contribution in [0.3, 0.4) is 0 Å². The summed E-state index contributed by atoms with van der Waals surface area (Å²) in [6, 6.07) is 75.5. The maximum absolute atomic E-state index is 14.4. The number of aromatic nitrogens is 1. The molecule has 0 fully saturated rings. The summed E-state index contributed by atoms with van der Waals surface area (Å²) in [6.07, 6.45) is 0. The molecule has 14 rings (SSSR count). The van der Waals surface area contributed by atoms with Gasteiger partial charge in [0.25, 0.3) is 0 Å². The summed E-state index contributed by atoms with van der Waals surface area (Å²) in [4.78, 5) is 14.4. The first-order valence-electron chi connectivity index (χ1n) is 22.0. The highest BCUT2D eigenvalue weighted by Crippen LogP contribution is 2.42. The van der Waals surface area contributed by atoms with Gasteiger partial charge in [-0.3, -0.25) is 4.79 Å². The Morgan fingerprint density at radius 2 is 0.738 bits per heavy atom. The lowest BCUT2D eigenvalue weighted by molar-refractivity contribution is 0.660. The number of rotatable bonds is 5. The molecular weight excluding hydrogens is 811 g/mol. The Balaban J connectivity index is 0.814. The van der Waals surface area contributed by atoms with E-state index in [1.807, 2.05) is 35.6 Å². The van der Waals surface area contributed by atoms with Gasteiger partial charge >= 0.3 is 0 Å². The van der Waals surface area contributed by atoms with Crippen molar-refractivity contribution < 1.29 is 4.42 Å². The molecule has 3 nitrogen and oxygen atoms in total. The molecule has 302 valence electrons. The quantitative estimate of drug-likeness (QED) is 0.162. The topological polar surface area (TPSA) is 34.6 Å². The number of hydrogen-bond acceptors (Lipinski definition) is 3. The number of para-hydroxylation sites is 2. The molecule has 0 aliphatic heterocycles. The molecule has 4 heterocycles. The largest absolute Gasteiger partial charge is 0.456 e. The van der Waals surface area contributed by atoms with Crippen LogP contribution in [-0.2, 0) is 0 Å². The van der Waals surface area contributed by atoms with Crippen molar-refractivity contribution in [3.05, 3.63) is 223 Å². The molecule has 4 aromatic heterocycles. The lowest BCUT2D eigenvalue weighted by Gasteiger charge is -2.10. The van der Waals surface area contributed by atoms with E-state index in [2.05, 4.69) is 192 Å². The molecule has 0 saturated heterocycles. The number of fused-ring (bicyclic) bond motifs is 11. The molecule has 0 saturated carbocycles. The minimum absolute atomic E-state index is 0.0329. The average molecular weight is 846 g/mol. The van der Waals surface area contributed by atoms with E-state index >= 15 is 0 Å². The molecule has 0 amide bonds. The zero-order valence-corrected chi connectivity index (χ0v) is 35.7. The van der Waals surface area contributed by atoms with Crippen LogP contribution in [0, 0.1) is 0 Å². The predicted octanol–water partition coefficient (Wildman–Crippen LogP) is 16.8. The van der Waals surface area contributed by atoms with Crippen molar-refractivity contribution in [1.82, 2.24) is 4.40 Å². The van der Waals surface area contributed by atoms with Gasteiger partial charge in [-0.2, -0.15) is 0 Å². The third kappa shape index (κ3) is 5.58. The summed E-state index contributed by atoms with van der Waals surface area (Å²) in [5, 5.41) is 8.73. The maximum Gasteiger partial charge on any atom is 0.200 e. The van der Waals surface area contributed by atoms with Gasteiger partial charge < -0.3 is 8.82 Å². The fraction of sp³-hybridized carbons (Fsp3) is 0. The van der Waals surface area contributed by atoms with Crippen LogP contribution in [-0.4, -0.2) is 4.40 Å². The molecule has 0 radical (unpaired) electrons. The predicted molar refractivity (Wildman–Crippen MR) is 275 cm³/mol. The third-order valence-corrected chi connectivity index (χ3v) is 14.7. The Kier molecular flexibility index (Phi) is 7.71. The van der Waals surface area contributed by atoms with Gasteiger partial charge in [-0.25, -0.2) is 0 Å². The Labute approximate surface area is 376 Å². The second-order valence-corrected chi connectivity index (χ2v) is 18.3. The smallest absolute Gasteiger partial charge is 0.200 e. The second kappa shape index (κ2) is 13.8. The van der Waals surface area contributed by atoms with Crippen molar-refractivity contribution >= 4 is 91.5 Å². The normalized spacial score (nSPS) is 12.1. The minimum atomic E-state index is -0.0329. The highest BCUT2D eigenvalue weighted by Gasteiger charge is 2.18. The molecule has 0 N–H and O–H groups in total. The van der Waals surface area contributed by atoms with Gasteiger partial charge in [0, 0.05) is 41.7 Å². The van der Waals surface area contributed by atoms with Gasteiger partial charge in [-0.1, -0.05) is 140 Å². The molecule has 10 aromatic carbocycles. The summed E-state index contributed by atoms with van der Waals surface area (Å²) in [7, 11) is 0. The summed E-state index contributed by atoms with van der Waals surface area (Å²) in [6.45, 7) is 0. The Morgan fingerprint density at radius 1 is 0.308 bits per heavy atom. The van der Waals surface area contributed by atoms with E-state index in [-0.39, 0.29) is 5.43 Å². The van der Waals surface area contributed by atoms with Gasteiger partial charge in [-0.15, -0.1) is 11.3 Å². The fourth-order valence-electron chi connectivity index (χ4n) is 10.3. The zero-order valence-electron chi connectivity index (χ0n) is 34.9. The molecule has 0 aliphatic carbocycles. The summed E-state index contributed by atoms with van der Waals surface area (Å²) in [5.74, 6) is 0. The number of benzene rings is 10. The summed E-state index contributed by atoms with van der Waals surface area (Å²) < 4.78 is 11.3. The first-order chi connectivity index (χ1) is 32.1. The lowest BCUT2D eigenvalue weighted by atomic mass is 9.95. The average Bonchev–Trinajstić information content (AvgIpc) is 4.03. The van der Waals surface area contributed by atoms with E-state index in [1.165, 1.54) is 75.0 Å². The van der Waals surface area contributed by atoms with Gasteiger partial charge in [-0.05, 0) is 128 Å². The van der Waals surface area contributed by atoms with Crippen LogP contribution in [0.5, 0.6) is 0 Å². The van der Waals surface area contributed by atoms with Crippen LogP contribution in [0.2, 0.25) is 0 Å². The molecule has 0 atom stereocenters. The van der Waals surface area contributed by atoms with E-state index in [9.17, 15) is 4.79 Å². The first-order valence-corrected chi connectivity index (χ1v) is 22.8. The van der Waals surface area contributed by atoms with E-state index in [0.29, 0.717) is 21.9 Å². The SMILES string of the molecule is O=c1c2cc(-c3cccc(-c4cccc(-c5ccc6c7cccc8c9ccccc9n(c6c5)c87)c4)c3)ccc2oc2ccc(-c3ccc4sc5ccc(-c6ccccc6)cc5c4c3)cc12. The first kappa shape index (κ1) is 36.2. The summed E-state index contributed by atoms with van der Waals surface area (Å²) in [5.41, 5.74) is 15.9. The molecule has 0 unspecified atom stereocenters. The van der Waals surface area contributed by atoms with Crippen molar-refractivity contribution in [2.45, 2.75) is 0 Å². The molecule has 0 bridgehead atoms. The maximum atomic E-state index is 14.4. The summed E-state index contributed by atoms with van der Waals surface area (Å²) >= 11 is 1.81. The van der Waals surface area contributed by atoms with E-state index in [0.717, 1.165) is 38.9 Å². The van der Waals surface area contributed by atoms with Crippen molar-refractivity contribution in [3.8, 4) is 55.6 Å². The van der Waals surface area contributed by atoms with Crippen molar-refractivity contribution in [3.63, 3.8) is 0 Å². The van der Waals surface area contributed by atoms with Crippen molar-refractivity contribution in [2.75, 3.05) is 0 Å². The number of nitrogens with zero attached hydrogens (tertiary/aromatic N) is 1. The van der Waals surface area contributed by atoms with Crippen molar-refractivity contribution in [2.24, 2.45) is 0 Å². The van der Waals surface area contributed by atoms with Gasteiger partial charge in [0.2, 0.25) is 5.43 Å². The van der Waals surface area contributed by atoms with Gasteiger partial charge in [0.1, 0.15) is 11.2 Å². The zero-order chi connectivity index (χ0) is 42.8. The molecule has 0 spiro atoms. The van der Waals surface area contributed by atoms with E-state index in [1.54, 1.807) is 0 Å². The monoisotopic (exact) mass is 845 g/mol. The molecule has 4 heteroatoms. The van der Waals surface area contributed by atoms with E-state index in [4.69, 9.17) is 4.42 Å². The molecule has 65 heavy (non-hydrogen) atoms. The fourth-order valence-corrected chi connectivity index (χ4v) is 11.4. The number of hydrogen-bond donors (Lipinski definition) is 0. The Morgan fingerprint density at radius 3 is 1.35 bits per heavy atom. The highest BCUT2D eigenvalue weighted by atomic mass is 32.1. The second-order valence-electron chi connectivity index (χ2n) is 17.2. The van der Waals surface area contributed by atoms with Gasteiger partial charge in [0.05, 0.1) is 27.3 Å². The van der Waals surface area contributed by atoms with Crippen LogP contribution >= 0.6 is 11.3 Å². The Hall–Kier alpha value is -8.31. The van der Waals surface area contributed by atoms with E-state index < -0.39 is 0 Å². The highest BCUT2D eigenvalue weighted by molar-refractivity contribution is 7.25. The minimum Gasteiger partial charge on any atom is -0.456 e. The van der Waals surface area contributed by atoms with Gasteiger partial charge in [0.15, 0.2) is 0 Å². The van der Waals surface area contributed by atoms with Crippen LogP contribution in [0.1, 0.15) is 0 Å². The van der Waals surface area contributed by atoms with Crippen LogP contribution in [0.25, 0.3) is 136 Å². The Bertz CT molecular complexity index is 4320. The van der Waals surface area contributed by atoms with Crippen LogP contribution < -0.4 is 5.43 Å². The lowest BCUT2D eigenvalue weighted by Crippen LogP contribution is -2.02. The molecule has 0 aliphatic rings. The standard InChI is InChI=1S/C61H35NO2S/c63-61-52-33-42(20-25-56(52)64-57-26-21-43(34-53(57)61)44-23-28-59-51(32-44)50-31-41(22-27-58(50)65-59)36-9-2-1-3-10-36)39-13-6-11-37(29-39)38-12-7-14-40(30-38)45-19-24-47-49-17-8-16-48-46-15-4-5-18-54(46)62(60(48)49)55(47)35-45/h1-35H. The third-order valence-electron chi connectivity index (χ3n) is 13.5. The van der Waals surface area contributed by atoms with Crippen molar-refractivity contribution in [1.29, 1.82) is 0 Å². The van der Waals surface area contributed by atoms with Crippen LogP contribution in [0.15, 0.2) is 222 Å². The molecule has 14 aromatic rings. The van der Waals surface area contributed by atoms with Crippen LogP contribution in [0.4, 0.5) is 0 Å². The molecular formula is C61H35NO2S.